The lowest BCUT2D eigenvalue weighted by atomic mass is 10.2. The van der Waals surface area contributed by atoms with E-state index in [1.165, 1.54) is 4.90 Å². The summed E-state index contributed by atoms with van der Waals surface area (Å²) in [5.41, 5.74) is 0. The average Bonchev–Trinajstić information content (AvgIpc) is 3.52. The summed E-state index contributed by atoms with van der Waals surface area (Å²) in [6, 6.07) is 7.48. The second-order valence-electron chi connectivity index (χ2n) is 7.89. The molecule has 1 saturated heterocycles. The topological polar surface area (TPSA) is 65.1 Å². The van der Waals surface area contributed by atoms with Gasteiger partial charge in [0.2, 0.25) is 11.8 Å². The number of carbonyl (C=O) groups is 2. The minimum Gasteiger partial charge on any atom is -0.492 e. The maximum absolute atomic E-state index is 12.7. The Labute approximate surface area is 177 Å². The summed E-state index contributed by atoms with van der Waals surface area (Å²) in [4.78, 5) is 30.7. The smallest absolute Gasteiger partial charge is 0.239 e. The van der Waals surface area contributed by atoms with Gasteiger partial charge in [-0.1, -0.05) is 11.6 Å². The Balaban J connectivity index is 1.34. The van der Waals surface area contributed by atoms with E-state index < -0.39 is 0 Å². The van der Waals surface area contributed by atoms with Crippen LogP contribution in [-0.4, -0.2) is 91.5 Å². The fourth-order valence-electron chi connectivity index (χ4n) is 3.47. The van der Waals surface area contributed by atoms with Crippen LogP contribution in [0.15, 0.2) is 24.3 Å². The maximum Gasteiger partial charge on any atom is 0.239 e. The highest BCUT2D eigenvalue weighted by atomic mass is 35.5. The maximum atomic E-state index is 12.7. The van der Waals surface area contributed by atoms with Crippen LogP contribution in [0.25, 0.3) is 0 Å². The van der Waals surface area contributed by atoms with Crippen molar-refractivity contribution in [2.45, 2.75) is 31.8 Å². The molecule has 1 aromatic carbocycles. The van der Waals surface area contributed by atoms with Gasteiger partial charge in [0.25, 0.3) is 0 Å². The first-order valence-electron chi connectivity index (χ1n) is 10.3. The van der Waals surface area contributed by atoms with E-state index in [2.05, 4.69) is 15.1 Å². The standard InChI is InChI=1S/C21H31ClN4O3/c1-16(21(28)24(2)15-20(27)23-18-5-6-18)26-11-9-25(10-12-26)13-14-29-19-7-3-17(22)4-8-19/h3-4,7-8,16,18H,5-6,9-15H2,1-2H3,(H,23,27). The van der Waals surface area contributed by atoms with E-state index in [9.17, 15) is 9.59 Å². The Morgan fingerprint density at radius 3 is 2.48 bits per heavy atom. The first kappa shape index (κ1) is 21.9. The van der Waals surface area contributed by atoms with E-state index in [0.29, 0.717) is 17.7 Å². The lowest BCUT2D eigenvalue weighted by Gasteiger charge is -2.38. The summed E-state index contributed by atoms with van der Waals surface area (Å²) in [6.07, 6.45) is 2.10. The van der Waals surface area contributed by atoms with Gasteiger partial charge in [-0.3, -0.25) is 19.4 Å². The van der Waals surface area contributed by atoms with Crippen LogP contribution in [-0.2, 0) is 9.59 Å². The van der Waals surface area contributed by atoms with Gasteiger partial charge in [-0.2, -0.15) is 0 Å². The third-order valence-electron chi connectivity index (χ3n) is 5.50. The molecule has 0 bridgehead atoms. The third-order valence-corrected chi connectivity index (χ3v) is 5.75. The quantitative estimate of drug-likeness (QED) is 0.652. The van der Waals surface area contributed by atoms with Crippen molar-refractivity contribution in [3.8, 4) is 5.75 Å². The molecule has 0 aromatic heterocycles. The van der Waals surface area contributed by atoms with Crippen LogP contribution in [0, 0.1) is 0 Å². The Kier molecular flexibility index (Phi) is 7.75. The summed E-state index contributed by atoms with van der Waals surface area (Å²) in [6.45, 7) is 6.97. The van der Waals surface area contributed by atoms with Crippen molar-refractivity contribution in [1.29, 1.82) is 0 Å². The summed E-state index contributed by atoms with van der Waals surface area (Å²) >= 11 is 5.88. The first-order valence-corrected chi connectivity index (χ1v) is 10.7. The molecule has 2 amide bonds. The molecule has 1 heterocycles. The Morgan fingerprint density at radius 2 is 1.86 bits per heavy atom. The number of piperazine rings is 1. The number of ether oxygens (including phenoxy) is 1. The molecule has 0 radical (unpaired) electrons. The van der Waals surface area contributed by atoms with Gasteiger partial charge in [0, 0.05) is 50.8 Å². The van der Waals surface area contributed by atoms with Gasteiger partial charge in [-0.05, 0) is 44.0 Å². The second-order valence-corrected chi connectivity index (χ2v) is 8.33. The molecule has 0 spiro atoms. The van der Waals surface area contributed by atoms with Crippen molar-refractivity contribution in [2.75, 3.05) is 52.9 Å². The van der Waals surface area contributed by atoms with Crippen molar-refractivity contribution >= 4 is 23.4 Å². The number of rotatable bonds is 9. The van der Waals surface area contributed by atoms with Gasteiger partial charge in [0.1, 0.15) is 12.4 Å². The van der Waals surface area contributed by atoms with Gasteiger partial charge in [0.15, 0.2) is 0 Å². The number of amides is 2. The minimum atomic E-state index is -0.221. The van der Waals surface area contributed by atoms with Crippen molar-refractivity contribution < 1.29 is 14.3 Å². The van der Waals surface area contributed by atoms with Crippen LogP contribution in [0.5, 0.6) is 5.75 Å². The van der Waals surface area contributed by atoms with Crippen LogP contribution in [0.2, 0.25) is 5.02 Å². The van der Waals surface area contributed by atoms with Crippen molar-refractivity contribution in [1.82, 2.24) is 20.0 Å². The third kappa shape index (κ3) is 6.87. The lowest BCUT2D eigenvalue weighted by molar-refractivity contribution is -0.139. The predicted molar refractivity (Wildman–Crippen MR) is 113 cm³/mol. The van der Waals surface area contributed by atoms with Crippen LogP contribution < -0.4 is 10.1 Å². The monoisotopic (exact) mass is 422 g/mol. The molecule has 1 unspecified atom stereocenters. The zero-order chi connectivity index (χ0) is 20.8. The summed E-state index contributed by atoms with van der Waals surface area (Å²) in [5, 5.41) is 3.63. The molecule has 1 atom stereocenters. The summed E-state index contributed by atoms with van der Waals surface area (Å²) in [7, 11) is 1.70. The molecule has 8 heteroatoms. The first-order chi connectivity index (χ1) is 13.9. The Hall–Kier alpha value is -1.83. The Bertz CT molecular complexity index is 688. The lowest BCUT2D eigenvalue weighted by Crippen LogP contribution is -2.55. The van der Waals surface area contributed by atoms with E-state index in [0.717, 1.165) is 51.3 Å². The minimum absolute atomic E-state index is 0.00420. The highest BCUT2D eigenvalue weighted by Crippen LogP contribution is 2.18. The molecule has 7 nitrogen and oxygen atoms in total. The zero-order valence-corrected chi connectivity index (χ0v) is 18.0. The molecule has 1 aliphatic heterocycles. The molecule has 2 fully saturated rings. The van der Waals surface area contributed by atoms with Crippen LogP contribution in [0.3, 0.4) is 0 Å². The number of halogens is 1. The number of hydrogen-bond acceptors (Lipinski definition) is 5. The number of likely N-dealkylation sites (N-methyl/N-ethyl adjacent to an activating group) is 1. The summed E-state index contributed by atoms with van der Waals surface area (Å²) < 4.78 is 5.76. The van der Waals surface area contributed by atoms with E-state index in [4.69, 9.17) is 16.3 Å². The summed E-state index contributed by atoms with van der Waals surface area (Å²) in [5.74, 6) is 0.748. The predicted octanol–water partition coefficient (Wildman–Crippen LogP) is 1.46. The normalized spacial score (nSPS) is 18.9. The number of nitrogens with zero attached hydrogens (tertiary/aromatic N) is 3. The van der Waals surface area contributed by atoms with Gasteiger partial charge in [0.05, 0.1) is 12.6 Å². The van der Waals surface area contributed by atoms with E-state index >= 15 is 0 Å². The second kappa shape index (κ2) is 10.3. The molecule has 1 aliphatic carbocycles. The fraction of sp³-hybridized carbons (Fsp3) is 0.619. The largest absolute Gasteiger partial charge is 0.492 e. The molecular formula is C21H31ClN4O3. The van der Waals surface area contributed by atoms with Gasteiger partial charge < -0.3 is 15.0 Å². The SMILES string of the molecule is CC(C(=O)N(C)CC(=O)NC1CC1)N1CCN(CCOc2ccc(Cl)cc2)CC1. The van der Waals surface area contributed by atoms with Crippen molar-refractivity contribution in [3.63, 3.8) is 0 Å². The van der Waals surface area contributed by atoms with Crippen LogP contribution in [0.1, 0.15) is 19.8 Å². The van der Waals surface area contributed by atoms with Crippen LogP contribution in [0.4, 0.5) is 0 Å². The molecule has 2 aliphatic rings. The molecular weight excluding hydrogens is 392 g/mol. The molecule has 1 N–H and O–H groups in total. The fourth-order valence-corrected chi connectivity index (χ4v) is 3.59. The zero-order valence-electron chi connectivity index (χ0n) is 17.3. The van der Waals surface area contributed by atoms with E-state index in [-0.39, 0.29) is 24.4 Å². The number of carbonyl (C=O) groups excluding carboxylic acids is 2. The van der Waals surface area contributed by atoms with Gasteiger partial charge >= 0.3 is 0 Å². The highest BCUT2D eigenvalue weighted by molar-refractivity contribution is 6.30. The number of benzene rings is 1. The number of nitrogens with one attached hydrogen (secondary N) is 1. The highest BCUT2D eigenvalue weighted by Gasteiger charge is 2.29. The number of hydrogen-bond donors (Lipinski definition) is 1. The molecule has 3 rings (SSSR count). The van der Waals surface area contributed by atoms with Crippen molar-refractivity contribution in [2.24, 2.45) is 0 Å². The molecule has 1 aromatic rings. The van der Waals surface area contributed by atoms with Gasteiger partial charge in [-0.15, -0.1) is 0 Å². The van der Waals surface area contributed by atoms with Gasteiger partial charge in [-0.25, -0.2) is 0 Å². The molecule has 1 saturated carbocycles. The average molecular weight is 423 g/mol. The van der Waals surface area contributed by atoms with E-state index in [1.54, 1.807) is 7.05 Å². The molecule has 29 heavy (non-hydrogen) atoms. The van der Waals surface area contributed by atoms with Crippen LogP contribution >= 0.6 is 11.6 Å². The van der Waals surface area contributed by atoms with E-state index in [1.807, 2.05) is 31.2 Å². The molecule has 160 valence electrons. The van der Waals surface area contributed by atoms with Crippen molar-refractivity contribution in [3.05, 3.63) is 29.3 Å². The Morgan fingerprint density at radius 1 is 1.21 bits per heavy atom.